The maximum absolute atomic E-state index is 13.2. The molecule has 0 heterocycles. The van der Waals surface area contributed by atoms with Gasteiger partial charge in [0, 0.05) is 12.0 Å². The molecule has 1 nitrogen and oxygen atoms in total. The molecule has 0 atom stereocenters. The van der Waals surface area contributed by atoms with E-state index in [4.69, 9.17) is 0 Å². The predicted molar refractivity (Wildman–Crippen MR) is 87.3 cm³/mol. The molecule has 1 aromatic carbocycles. The number of Topliss-reactive ketones (excluding diaryl/α,β-unsaturated/α-hetero) is 1. The molecular formula is C19H29FO. The van der Waals surface area contributed by atoms with Crippen LogP contribution < -0.4 is 0 Å². The Kier molecular flexibility index (Phi) is 8.96. The normalized spacial score (nSPS) is 10.8. The molecule has 0 amide bonds. The number of carbonyl (C=O) groups excluding carboxylic acids is 1. The van der Waals surface area contributed by atoms with E-state index in [1.807, 2.05) is 6.92 Å². The van der Waals surface area contributed by atoms with Gasteiger partial charge in [-0.25, -0.2) is 4.39 Å². The molecule has 0 aliphatic rings. The highest BCUT2D eigenvalue weighted by Crippen LogP contribution is 2.15. The summed E-state index contributed by atoms with van der Waals surface area (Å²) in [6, 6.07) is 4.45. The molecule has 21 heavy (non-hydrogen) atoms. The molecule has 0 aliphatic carbocycles. The molecule has 0 spiro atoms. The van der Waals surface area contributed by atoms with E-state index in [2.05, 4.69) is 6.92 Å². The first-order valence-corrected chi connectivity index (χ1v) is 8.44. The van der Waals surface area contributed by atoms with Crippen LogP contribution in [0.4, 0.5) is 4.39 Å². The molecule has 0 saturated heterocycles. The molecule has 0 saturated carbocycles. The maximum Gasteiger partial charge on any atom is 0.163 e. The Morgan fingerprint density at radius 3 is 2.14 bits per heavy atom. The van der Waals surface area contributed by atoms with Gasteiger partial charge in [0.15, 0.2) is 5.78 Å². The monoisotopic (exact) mass is 292 g/mol. The summed E-state index contributed by atoms with van der Waals surface area (Å²) in [4.78, 5) is 12.1. The van der Waals surface area contributed by atoms with Crippen molar-refractivity contribution in [2.75, 3.05) is 0 Å². The van der Waals surface area contributed by atoms with Crippen LogP contribution in [0.3, 0.4) is 0 Å². The lowest BCUT2D eigenvalue weighted by Crippen LogP contribution is -2.02. The van der Waals surface area contributed by atoms with E-state index in [-0.39, 0.29) is 11.6 Å². The molecule has 1 aromatic rings. The van der Waals surface area contributed by atoms with Crippen LogP contribution in [0.2, 0.25) is 0 Å². The third kappa shape index (κ3) is 7.40. The van der Waals surface area contributed by atoms with Crippen molar-refractivity contribution in [3.05, 3.63) is 35.1 Å². The van der Waals surface area contributed by atoms with Gasteiger partial charge in [-0.05, 0) is 31.0 Å². The standard InChI is InChI=1S/C19H29FO/c1-3-4-5-6-7-8-9-10-11-12-19(21)18-15-17(20)14-13-16(18)2/h13-15H,3-12H2,1-2H3. The number of benzene rings is 1. The van der Waals surface area contributed by atoms with E-state index in [0.29, 0.717) is 12.0 Å². The maximum atomic E-state index is 13.2. The SMILES string of the molecule is CCCCCCCCCCCC(=O)c1cc(F)ccc1C. The third-order valence-electron chi connectivity index (χ3n) is 4.01. The van der Waals surface area contributed by atoms with Crippen LogP contribution in [0.15, 0.2) is 18.2 Å². The van der Waals surface area contributed by atoms with Gasteiger partial charge in [-0.15, -0.1) is 0 Å². The van der Waals surface area contributed by atoms with Crippen LogP contribution in [-0.4, -0.2) is 5.78 Å². The van der Waals surface area contributed by atoms with E-state index < -0.39 is 0 Å². The Hall–Kier alpha value is -1.18. The number of carbonyl (C=O) groups is 1. The van der Waals surface area contributed by atoms with Gasteiger partial charge in [0.1, 0.15) is 5.82 Å². The largest absolute Gasteiger partial charge is 0.294 e. The molecule has 118 valence electrons. The van der Waals surface area contributed by atoms with Crippen molar-refractivity contribution in [3.8, 4) is 0 Å². The molecule has 0 bridgehead atoms. The number of halogens is 1. The second-order valence-electron chi connectivity index (χ2n) is 5.96. The zero-order chi connectivity index (χ0) is 15.5. The van der Waals surface area contributed by atoms with Gasteiger partial charge in [-0.1, -0.05) is 64.4 Å². The molecule has 0 fully saturated rings. The molecule has 0 aliphatic heterocycles. The summed E-state index contributed by atoms with van der Waals surface area (Å²) in [6.07, 6.45) is 11.7. The average molecular weight is 292 g/mol. The van der Waals surface area contributed by atoms with Crippen molar-refractivity contribution >= 4 is 5.78 Å². The lowest BCUT2D eigenvalue weighted by molar-refractivity contribution is 0.0978. The van der Waals surface area contributed by atoms with Crippen molar-refractivity contribution in [1.82, 2.24) is 0 Å². The van der Waals surface area contributed by atoms with Gasteiger partial charge >= 0.3 is 0 Å². The smallest absolute Gasteiger partial charge is 0.163 e. The van der Waals surface area contributed by atoms with E-state index in [1.165, 1.54) is 57.1 Å². The fraction of sp³-hybridized carbons (Fsp3) is 0.632. The summed E-state index contributed by atoms with van der Waals surface area (Å²) in [6.45, 7) is 4.10. The Morgan fingerprint density at radius 2 is 1.52 bits per heavy atom. The number of ketones is 1. The second-order valence-corrected chi connectivity index (χ2v) is 5.96. The van der Waals surface area contributed by atoms with Crippen LogP contribution in [0, 0.1) is 12.7 Å². The van der Waals surface area contributed by atoms with Crippen molar-refractivity contribution in [1.29, 1.82) is 0 Å². The number of hydrogen-bond donors (Lipinski definition) is 0. The fourth-order valence-electron chi connectivity index (χ4n) is 2.63. The number of rotatable bonds is 11. The molecule has 0 radical (unpaired) electrons. The van der Waals surface area contributed by atoms with Crippen molar-refractivity contribution in [2.24, 2.45) is 0 Å². The topological polar surface area (TPSA) is 17.1 Å². The van der Waals surface area contributed by atoms with Gasteiger partial charge in [0.25, 0.3) is 0 Å². The first-order valence-electron chi connectivity index (χ1n) is 8.44. The molecule has 0 unspecified atom stereocenters. The Labute approximate surface area is 129 Å². The van der Waals surface area contributed by atoms with Gasteiger partial charge in [0.05, 0.1) is 0 Å². The van der Waals surface area contributed by atoms with Crippen molar-refractivity contribution < 1.29 is 9.18 Å². The van der Waals surface area contributed by atoms with E-state index in [0.717, 1.165) is 18.4 Å². The highest BCUT2D eigenvalue weighted by atomic mass is 19.1. The first-order chi connectivity index (χ1) is 10.1. The van der Waals surface area contributed by atoms with Crippen LogP contribution in [0.1, 0.15) is 87.1 Å². The molecule has 0 aromatic heterocycles. The highest BCUT2D eigenvalue weighted by Gasteiger charge is 2.09. The second kappa shape index (κ2) is 10.5. The average Bonchev–Trinajstić information content (AvgIpc) is 2.48. The predicted octanol–water partition coefficient (Wildman–Crippen LogP) is 6.24. The van der Waals surface area contributed by atoms with Crippen molar-refractivity contribution in [2.45, 2.75) is 78.1 Å². The van der Waals surface area contributed by atoms with Gasteiger partial charge in [-0.2, -0.15) is 0 Å². The van der Waals surface area contributed by atoms with Crippen LogP contribution in [0.5, 0.6) is 0 Å². The van der Waals surface area contributed by atoms with Crippen molar-refractivity contribution in [3.63, 3.8) is 0 Å². The Morgan fingerprint density at radius 1 is 0.952 bits per heavy atom. The van der Waals surface area contributed by atoms with Gasteiger partial charge in [0.2, 0.25) is 0 Å². The number of aryl methyl sites for hydroxylation is 1. The van der Waals surface area contributed by atoms with Gasteiger partial charge < -0.3 is 0 Å². The molecule has 1 rings (SSSR count). The highest BCUT2D eigenvalue weighted by molar-refractivity contribution is 5.97. The van der Waals surface area contributed by atoms with E-state index in [9.17, 15) is 9.18 Å². The zero-order valence-electron chi connectivity index (χ0n) is 13.6. The van der Waals surface area contributed by atoms with E-state index >= 15 is 0 Å². The van der Waals surface area contributed by atoms with E-state index in [1.54, 1.807) is 6.07 Å². The molecular weight excluding hydrogens is 263 g/mol. The minimum Gasteiger partial charge on any atom is -0.294 e. The quantitative estimate of drug-likeness (QED) is 0.348. The van der Waals surface area contributed by atoms with Crippen LogP contribution in [0.25, 0.3) is 0 Å². The molecule has 2 heteroatoms. The molecule has 0 N–H and O–H groups in total. The summed E-state index contributed by atoms with van der Waals surface area (Å²) in [5.74, 6) is -0.244. The lowest BCUT2D eigenvalue weighted by atomic mass is 9.99. The summed E-state index contributed by atoms with van der Waals surface area (Å²) in [7, 11) is 0. The lowest BCUT2D eigenvalue weighted by Gasteiger charge is -2.05. The Bertz CT molecular complexity index is 426. The van der Waals surface area contributed by atoms with Crippen LogP contribution >= 0.6 is 0 Å². The summed E-state index contributed by atoms with van der Waals surface area (Å²) >= 11 is 0. The third-order valence-corrected chi connectivity index (χ3v) is 4.01. The summed E-state index contributed by atoms with van der Waals surface area (Å²) in [5, 5.41) is 0. The fourth-order valence-corrected chi connectivity index (χ4v) is 2.63. The minimum atomic E-state index is -0.323. The number of unbranched alkanes of at least 4 members (excludes halogenated alkanes) is 8. The zero-order valence-corrected chi connectivity index (χ0v) is 13.6. The Balaban J connectivity index is 2.12. The van der Waals surface area contributed by atoms with Gasteiger partial charge in [-0.3, -0.25) is 4.79 Å². The summed E-state index contributed by atoms with van der Waals surface area (Å²) < 4.78 is 13.2. The minimum absolute atomic E-state index is 0.0787. The van der Waals surface area contributed by atoms with Crippen LogP contribution in [-0.2, 0) is 0 Å². The number of hydrogen-bond acceptors (Lipinski definition) is 1. The summed E-state index contributed by atoms with van der Waals surface area (Å²) in [5.41, 5.74) is 1.42. The first kappa shape index (κ1) is 17.9.